The van der Waals surface area contributed by atoms with Crippen LogP contribution in [0.1, 0.15) is 5.56 Å². The lowest BCUT2D eigenvalue weighted by molar-refractivity contribution is -0.144. The number of likely N-dealkylation sites (tertiary alicyclic amines) is 2. The molecule has 0 N–H and O–H groups in total. The Labute approximate surface area is 117 Å². The third-order valence-corrected chi connectivity index (χ3v) is 4.29. The lowest BCUT2D eigenvalue weighted by Crippen LogP contribution is -2.35. The van der Waals surface area contributed by atoms with Gasteiger partial charge in [-0.05, 0) is 17.4 Å². The second kappa shape index (κ2) is 5.37. The molecule has 0 saturated carbocycles. The van der Waals surface area contributed by atoms with Gasteiger partial charge in [-0.2, -0.15) is 13.2 Å². The molecule has 0 radical (unpaired) electrons. The van der Waals surface area contributed by atoms with Gasteiger partial charge in [-0.15, -0.1) is 0 Å². The Morgan fingerprint density at radius 2 is 1.45 bits per heavy atom. The molecule has 0 spiro atoms. The monoisotopic (exact) mass is 284 g/mol. The molecule has 2 unspecified atom stereocenters. The molecule has 0 bridgehead atoms. The molecule has 2 atom stereocenters. The third-order valence-electron chi connectivity index (χ3n) is 4.29. The highest BCUT2D eigenvalue weighted by Crippen LogP contribution is 2.33. The smallest absolute Gasteiger partial charge is 0.298 e. The number of rotatable bonds is 3. The van der Waals surface area contributed by atoms with E-state index in [4.69, 9.17) is 0 Å². The molecule has 1 aromatic carbocycles. The van der Waals surface area contributed by atoms with Gasteiger partial charge in [0.2, 0.25) is 0 Å². The molecule has 0 aromatic heterocycles. The number of hydrogen-bond acceptors (Lipinski definition) is 2. The fraction of sp³-hybridized carbons (Fsp3) is 0.600. The predicted molar refractivity (Wildman–Crippen MR) is 71.2 cm³/mol. The van der Waals surface area contributed by atoms with Crippen LogP contribution < -0.4 is 0 Å². The summed E-state index contributed by atoms with van der Waals surface area (Å²) < 4.78 is 37.2. The van der Waals surface area contributed by atoms with Crippen LogP contribution in [0.4, 0.5) is 13.2 Å². The van der Waals surface area contributed by atoms with Gasteiger partial charge in [-0.25, -0.2) is 0 Å². The first-order valence-corrected chi connectivity index (χ1v) is 7.05. The van der Waals surface area contributed by atoms with E-state index in [1.807, 2.05) is 18.2 Å². The maximum Gasteiger partial charge on any atom is 0.401 e. The Bertz CT molecular complexity index is 432. The highest BCUT2D eigenvalue weighted by Gasteiger charge is 2.43. The maximum atomic E-state index is 12.4. The average molecular weight is 284 g/mol. The average Bonchev–Trinajstić information content (AvgIpc) is 2.85. The van der Waals surface area contributed by atoms with Crippen LogP contribution in [0, 0.1) is 11.8 Å². The van der Waals surface area contributed by atoms with E-state index in [0.717, 1.165) is 19.6 Å². The van der Waals surface area contributed by atoms with Crippen molar-refractivity contribution in [1.29, 1.82) is 0 Å². The molecular formula is C15H19F3N2. The quantitative estimate of drug-likeness (QED) is 0.842. The van der Waals surface area contributed by atoms with Crippen LogP contribution in [0.2, 0.25) is 0 Å². The van der Waals surface area contributed by atoms with Gasteiger partial charge in [-0.3, -0.25) is 9.80 Å². The second-order valence-corrected chi connectivity index (χ2v) is 6.01. The first-order chi connectivity index (χ1) is 9.49. The van der Waals surface area contributed by atoms with Crippen molar-refractivity contribution >= 4 is 0 Å². The summed E-state index contributed by atoms with van der Waals surface area (Å²) in [5.74, 6) is 0.808. The molecule has 20 heavy (non-hydrogen) atoms. The number of halogens is 3. The van der Waals surface area contributed by atoms with Gasteiger partial charge in [0.15, 0.2) is 0 Å². The van der Waals surface area contributed by atoms with E-state index in [1.54, 1.807) is 4.90 Å². The van der Waals surface area contributed by atoms with Gasteiger partial charge in [0, 0.05) is 32.7 Å². The van der Waals surface area contributed by atoms with E-state index in [1.165, 1.54) is 5.56 Å². The molecule has 2 fully saturated rings. The molecule has 2 nitrogen and oxygen atoms in total. The van der Waals surface area contributed by atoms with Gasteiger partial charge in [0.05, 0.1) is 6.54 Å². The van der Waals surface area contributed by atoms with Gasteiger partial charge in [0.1, 0.15) is 0 Å². The Hall–Kier alpha value is -1.07. The Morgan fingerprint density at radius 3 is 2.00 bits per heavy atom. The summed E-state index contributed by atoms with van der Waals surface area (Å²) in [6.45, 7) is 3.19. The Balaban J connectivity index is 1.51. The molecule has 2 saturated heterocycles. The molecular weight excluding hydrogens is 265 g/mol. The molecule has 110 valence electrons. The van der Waals surface area contributed by atoms with E-state index in [2.05, 4.69) is 17.0 Å². The molecule has 2 aliphatic rings. The Kier molecular flexibility index (Phi) is 3.73. The fourth-order valence-corrected chi connectivity index (χ4v) is 3.54. The van der Waals surface area contributed by atoms with Crippen molar-refractivity contribution in [1.82, 2.24) is 9.80 Å². The van der Waals surface area contributed by atoms with E-state index in [-0.39, 0.29) is 0 Å². The van der Waals surface area contributed by atoms with Crippen molar-refractivity contribution in [2.75, 3.05) is 32.7 Å². The van der Waals surface area contributed by atoms with Crippen LogP contribution >= 0.6 is 0 Å². The highest BCUT2D eigenvalue weighted by atomic mass is 19.4. The third kappa shape index (κ3) is 3.33. The van der Waals surface area contributed by atoms with Crippen LogP contribution in [0.3, 0.4) is 0 Å². The summed E-state index contributed by atoms with van der Waals surface area (Å²) in [5, 5.41) is 0. The zero-order valence-electron chi connectivity index (χ0n) is 11.3. The van der Waals surface area contributed by atoms with Crippen LogP contribution in [0.25, 0.3) is 0 Å². The zero-order chi connectivity index (χ0) is 14.2. The van der Waals surface area contributed by atoms with Crippen molar-refractivity contribution < 1.29 is 13.2 Å². The predicted octanol–water partition coefficient (Wildman–Crippen LogP) is 2.61. The minimum atomic E-state index is -4.07. The first kappa shape index (κ1) is 13.9. The van der Waals surface area contributed by atoms with Crippen LogP contribution in [0.5, 0.6) is 0 Å². The first-order valence-electron chi connectivity index (χ1n) is 7.05. The SMILES string of the molecule is FC(F)(F)CN1CC2CN(Cc3ccccc3)CC2C1. The van der Waals surface area contributed by atoms with Crippen LogP contribution in [-0.2, 0) is 6.54 Å². The van der Waals surface area contributed by atoms with Crippen LogP contribution in [-0.4, -0.2) is 48.7 Å². The standard InChI is InChI=1S/C15H19F3N2/c16-15(17,18)11-20-9-13-7-19(8-14(13)10-20)6-12-4-2-1-3-5-12/h1-5,13-14H,6-11H2. The van der Waals surface area contributed by atoms with Gasteiger partial charge < -0.3 is 0 Å². The number of hydrogen-bond donors (Lipinski definition) is 0. The van der Waals surface area contributed by atoms with E-state index < -0.39 is 12.7 Å². The van der Waals surface area contributed by atoms with Crippen molar-refractivity contribution in [3.8, 4) is 0 Å². The highest BCUT2D eigenvalue weighted by molar-refractivity contribution is 5.15. The van der Waals surface area contributed by atoms with Crippen molar-refractivity contribution in [3.63, 3.8) is 0 Å². The zero-order valence-corrected chi connectivity index (χ0v) is 11.3. The van der Waals surface area contributed by atoms with Crippen molar-refractivity contribution in [2.24, 2.45) is 11.8 Å². The number of nitrogens with zero attached hydrogens (tertiary/aromatic N) is 2. The lowest BCUT2D eigenvalue weighted by Gasteiger charge is -2.22. The molecule has 0 aliphatic carbocycles. The van der Waals surface area contributed by atoms with E-state index in [0.29, 0.717) is 24.9 Å². The summed E-state index contributed by atoms with van der Waals surface area (Å²) >= 11 is 0. The lowest BCUT2D eigenvalue weighted by atomic mass is 10.0. The topological polar surface area (TPSA) is 6.48 Å². The molecule has 2 heterocycles. The van der Waals surface area contributed by atoms with E-state index in [9.17, 15) is 13.2 Å². The molecule has 5 heteroatoms. The Morgan fingerprint density at radius 1 is 0.900 bits per heavy atom. The summed E-state index contributed by atoms with van der Waals surface area (Å²) in [6.07, 6.45) is -4.07. The molecule has 2 aliphatic heterocycles. The van der Waals surface area contributed by atoms with E-state index >= 15 is 0 Å². The number of alkyl halides is 3. The summed E-state index contributed by atoms with van der Waals surface area (Å²) in [4.78, 5) is 3.94. The minimum absolute atomic E-state index is 0.404. The van der Waals surface area contributed by atoms with Gasteiger partial charge in [0.25, 0.3) is 0 Å². The summed E-state index contributed by atoms with van der Waals surface area (Å²) in [7, 11) is 0. The minimum Gasteiger partial charge on any atom is -0.298 e. The second-order valence-electron chi connectivity index (χ2n) is 6.01. The van der Waals surface area contributed by atoms with Crippen LogP contribution in [0.15, 0.2) is 30.3 Å². The molecule has 3 rings (SSSR count). The number of benzene rings is 1. The van der Waals surface area contributed by atoms with Crippen molar-refractivity contribution in [3.05, 3.63) is 35.9 Å². The summed E-state index contributed by atoms with van der Waals surface area (Å²) in [5.41, 5.74) is 1.28. The van der Waals surface area contributed by atoms with Gasteiger partial charge >= 0.3 is 6.18 Å². The van der Waals surface area contributed by atoms with Crippen molar-refractivity contribution in [2.45, 2.75) is 12.7 Å². The summed E-state index contributed by atoms with van der Waals surface area (Å²) in [6, 6.07) is 10.2. The largest absolute Gasteiger partial charge is 0.401 e. The maximum absolute atomic E-state index is 12.4. The fourth-order valence-electron chi connectivity index (χ4n) is 3.54. The molecule has 0 amide bonds. The normalized spacial score (nSPS) is 27.9. The number of fused-ring (bicyclic) bond motifs is 1. The van der Waals surface area contributed by atoms with Gasteiger partial charge in [-0.1, -0.05) is 30.3 Å². The molecule has 1 aromatic rings.